The third-order valence-electron chi connectivity index (χ3n) is 4.86. The Hall–Kier alpha value is 0.400. The number of thioether (sulfide) groups is 1. The van der Waals surface area contributed by atoms with Crippen molar-refractivity contribution in [1.29, 1.82) is 0 Å². The van der Waals surface area contributed by atoms with Crippen LogP contribution in [0, 0.1) is 0 Å². The van der Waals surface area contributed by atoms with E-state index in [9.17, 15) is 10.2 Å². The van der Waals surface area contributed by atoms with Crippen molar-refractivity contribution in [3.63, 3.8) is 0 Å². The molecule has 5 unspecified atom stereocenters. The molecule has 3 fully saturated rings. The molecular weight excluding hydrogens is 378 g/mol. The molecule has 0 amide bonds. The van der Waals surface area contributed by atoms with Crippen molar-refractivity contribution >= 4 is 23.5 Å². The first-order valence-corrected chi connectivity index (χ1v) is 11.4. The lowest BCUT2D eigenvalue weighted by molar-refractivity contribution is -0.289. The highest BCUT2D eigenvalue weighted by Gasteiger charge is 2.46. The highest BCUT2D eigenvalue weighted by molar-refractivity contribution is 7.99. The smallest absolute Gasteiger partial charge is 0.186 e. The first kappa shape index (κ1) is 22.7. The number of fused-ring (bicyclic) bond motifs is 6. The molecule has 3 aliphatic heterocycles. The molecule has 0 spiro atoms. The molecule has 3 rings (SSSR count). The van der Waals surface area contributed by atoms with Gasteiger partial charge in [-0.1, -0.05) is 32.1 Å². The Labute approximate surface area is 166 Å². The highest BCUT2D eigenvalue weighted by atomic mass is 35.5. The van der Waals surface area contributed by atoms with Gasteiger partial charge in [0.1, 0.15) is 18.3 Å². The largest absolute Gasteiger partial charge is 0.387 e. The average Bonchev–Trinajstić information content (AvgIpc) is 2.78. The first-order valence-electron chi connectivity index (χ1n) is 9.90. The number of hydrogen-bond donors (Lipinski definition) is 3. The Balaban J connectivity index is 1.56. The second kappa shape index (κ2) is 13.6. The molecule has 0 aromatic carbocycles. The molecular formula is C18H34ClNO5S. The van der Waals surface area contributed by atoms with Crippen LogP contribution in [-0.4, -0.2) is 72.2 Å². The Morgan fingerprint density at radius 1 is 0.923 bits per heavy atom. The molecule has 6 nitrogen and oxygen atoms in total. The maximum atomic E-state index is 10.3. The summed E-state index contributed by atoms with van der Waals surface area (Å²) < 4.78 is 17.1. The SMILES string of the molecule is OC1C2OCCCOC(C(CSCCCCCCCCCNCl)O2)C1O. The molecule has 3 N–H and O–H groups in total. The lowest BCUT2D eigenvalue weighted by atomic mass is 10.00. The predicted octanol–water partition coefficient (Wildman–Crippen LogP) is 2.45. The van der Waals surface area contributed by atoms with Crippen molar-refractivity contribution in [3.05, 3.63) is 0 Å². The molecule has 3 saturated heterocycles. The molecule has 2 bridgehead atoms. The second-order valence-electron chi connectivity index (χ2n) is 7.02. The predicted molar refractivity (Wildman–Crippen MR) is 104 cm³/mol. The third kappa shape index (κ3) is 7.80. The van der Waals surface area contributed by atoms with Gasteiger partial charge < -0.3 is 24.4 Å². The molecule has 0 aromatic heterocycles. The maximum Gasteiger partial charge on any atom is 0.186 e. The van der Waals surface area contributed by atoms with Gasteiger partial charge in [-0.15, -0.1) is 0 Å². The van der Waals surface area contributed by atoms with Crippen molar-refractivity contribution in [2.24, 2.45) is 0 Å². The van der Waals surface area contributed by atoms with Crippen LogP contribution in [0.2, 0.25) is 0 Å². The molecule has 3 heterocycles. The van der Waals surface area contributed by atoms with Gasteiger partial charge in [0, 0.05) is 18.9 Å². The van der Waals surface area contributed by atoms with E-state index in [1.807, 2.05) is 11.8 Å². The molecule has 26 heavy (non-hydrogen) atoms. The Bertz CT molecular complexity index is 366. The number of unbranched alkanes of at least 4 members (excludes halogenated alkanes) is 6. The van der Waals surface area contributed by atoms with Crippen LogP contribution < -0.4 is 4.84 Å². The van der Waals surface area contributed by atoms with E-state index >= 15 is 0 Å². The molecule has 3 aliphatic rings. The van der Waals surface area contributed by atoms with Gasteiger partial charge in [0.15, 0.2) is 6.29 Å². The normalized spacial score (nSPS) is 32.2. The molecule has 5 atom stereocenters. The van der Waals surface area contributed by atoms with E-state index in [1.54, 1.807) is 0 Å². The average molecular weight is 412 g/mol. The van der Waals surface area contributed by atoms with Gasteiger partial charge in [-0.2, -0.15) is 11.8 Å². The topological polar surface area (TPSA) is 80.2 Å². The maximum absolute atomic E-state index is 10.3. The highest BCUT2D eigenvalue weighted by Crippen LogP contribution is 2.28. The summed E-state index contributed by atoms with van der Waals surface area (Å²) in [5.74, 6) is 1.83. The number of halogens is 1. The van der Waals surface area contributed by atoms with Crippen molar-refractivity contribution in [3.8, 4) is 0 Å². The summed E-state index contributed by atoms with van der Waals surface area (Å²) >= 11 is 7.25. The molecule has 0 aliphatic carbocycles. The summed E-state index contributed by atoms with van der Waals surface area (Å²) in [5, 5.41) is 20.4. The Morgan fingerprint density at radius 3 is 2.38 bits per heavy atom. The zero-order chi connectivity index (χ0) is 18.6. The quantitative estimate of drug-likeness (QED) is 0.336. The zero-order valence-electron chi connectivity index (χ0n) is 15.5. The molecule has 154 valence electrons. The van der Waals surface area contributed by atoms with Crippen LogP contribution >= 0.6 is 23.5 Å². The monoisotopic (exact) mass is 411 g/mol. The van der Waals surface area contributed by atoms with Crippen LogP contribution in [0.4, 0.5) is 0 Å². The fraction of sp³-hybridized carbons (Fsp3) is 1.00. The van der Waals surface area contributed by atoms with Crippen molar-refractivity contribution in [2.45, 2.75) is 82.1 Å². The number of aliphatic hydroxyl groups excluding tert-OH is 2. The standard InChI is InChI=1S/C18H34ClNO5S/c19-20-9-6-4-2-1-3-5-7-12-26-13-14-17-15(21)16(22)18(25-14)24-11-8-10-23-17/h14-18,20-22H,1-13H2. The van der Waals surface area contributed by atoms with Gasteiger partial charge in [-0.05, 0) is 36.8 Å². The minimum absolute atomic E-state index is 0.239. The van der Waals surface area contributed by atoms with Gasteiger partial charge in [0.05, 0.1) is 12.7 Å². The van der Waals surface area contributed by atoms with Gasteiger partial charge in [0.25, 0.3) is 0 Å². The lowest BCUT2D eigenvalue weighted by Gasteiger charge is -2.41. The number of aliphatic hydroxyl groups is 2. The van der Waals surface area contributed by atoms with Gasteiger partial charge in [-0.25, -0.2) is 4.84 Å². The van der Waals surface area contributed by atoms with Crippen LogP contribution in [0.15, 0.2) is 0 Å². The van der Waals surface area contributed by atoms with Crippen LogP contribution in [0.3, 0.4) is 0 Å². The second-order valence-corrected chi connectivity index (χ2v) is 8.43. The van der Waals surface area contributed by atoms with Crippen molar-refractivity contribution < 1.29 is 24.4 Å². The number of hydrogen-bond acceptors (Lipinski definition) is 7. The van der Waals surface area contributed by atoms with Crippen molar-refractivity contribution in [2.75, 3.05) is 31.3 Å². The van der Waals surface area contributed by atoms with Crippen LogP contribution in [0.5, 0.6) is 0 Å². The summed E-state index contributed by atoms with van der Waals surface area (Å²) in [5.41, 5.74) is 0. The zero-order valence-corrected chi connectivity index (χ0v) is 17.1. The molecule has 0 aromatic rings. The number of ether oxygens (including phenoxy) is 3. The summed E-state index contributed by atoms with van der Waals surface area (Å²) in [6.07, 6.45) is 5.97. The van der Waals surface area contributed by atoms with E-state index in [0.717, 1.165) is 30.9 Å². The van der Waals surface area contributed by atoms with E-state index in [1.165, 1.54) is 38.5 Å². The molecule has 0 saturated carbocycles. The fourth-order valence-electron chi connectivity index (χ4n) is 3.34. The first-order chi connectivity index (χ1) is 12.7. The summed E-state index contributed by atoms with van der Waals surface area (Å²) in [6.45, 7) is 1.89. The van der Waals surface area contributed by atoms with Crippen LogP contribution in [-0.2, 0) is 14.2 Å². The summed E-state index contributed by atoms with van der Waals surface area (Å²) in [4.78, 5) is 2.66. The van der Waals surface area contributed by atoms with Gasteiger partial charge in [-0.3, -0.25) is 0 Å². The molecule has 0 radical (unpaired) electrons. The van der Waals surface area contributed by atoms with Crippen LogP contribution in [0.25, 0.3) is 0 Å². The minimum Gasteiger partial charge on any atom is -0.387 e. The van der Waals surface area contributed by atoms with E-state index < -0.39 is 24.6 Å². The lowest BCUT2D eigenvalue weighted by Crippen LogP contribution is -2.59. The van der Waals surface area contributed by atoms with E-state index in [2.05, 4.69) is 4.84 Å². The fourth-order valence-corrected chi connectivity index (χ4v) is 4.55. The van der Waals surface area contributed by atoms with E-state index in [0.29, 0.717) is 13.2 Å². The van der Waals surface area contributed by atoms with E-state index in [4.69, 9.17) is 26.0 Å². The van der Waals surface area contributed by atoms with Gasteiger partial charge >= 0.3 is 0 Å². The van der Waals surface area contributed by atoms with Crippen molar-refractivity contribution in [1.82, 2.24) is 4.84 Å². The van der Waals surface area contributed by atoms with E-state index in [-0.39, 0.29) is 6.10 Å². The minimum atomic E-state index is -1.04. The van der Waals surface area contributed by atoms with Gasteiger partial charge in [0.2, 0.25) is 0 Å². The summed E-state index contributed by atoms with van der Waals surface area (Å²) in [7, 11) is 0. The molecule has 8 heteroatoms. The third-order valence-corrected chi connectivity index (χ3v) is 6.19. The van der Waals surface area contributed by atoms with Crippen LogP contribution in [0.1, 0.15) is 51.4 Å². The summed E-state index contributed by atoms with van der Waals surface area (Å²) in [6, 6.07) is 0. The Morgan fingerprint density at radius 2 is 1.62 bits per heavy atom. The number of nitrogens with one attached hydrogen (secondary N) is 1. The Kier molecular flexibility index (Phi) is 11.8. The number of rotatable bonds is 12.